The molecule has 19 heteroatoms. The van der Waals surface area contributed by atoms with Gasteiger partial charge in [-0.15, -0.1) is 0 Å². The lowest BCUT2D eigenvalue weighted by molar-refractivity contribution is -0.161. The summed E-state index contributed by atoms with van der Waals surface area (Å²) in [5.74, 6) is -0.556. The molecule has 0 radical (unpaired) electrons. The number of esters is 4. The Balaban J connectivity index is 5.26. The van der Waals surface area contributed by atoms with Crippen LogP contribution in [0.25, 0.3) is 0 Å². The van der Waals surface area contributed by atoms with Crippen molar-refractivity contribution >= 4 is 39.5 Å². The van der Waals surface area contributed by atoms with Gasteiger partial charge in [-0.3, -0.25) is 37.3 Å². The fraction of sp³-hybridized carbons (Fsp3) is 0.893. The second-order valence-corrected chi connectivity index (χ2v) is 30.0. The summed E-state index contributed by atoms with van der Waals surface area (Å²) in [5.41, 5.74) is 0. The standard InChI is InChI=1S/C75H142O17P2/c1-7-10-12-14-16-18-19-20-21-25-28-34-40-46-52-58-73(78)86-64-71(92-74(79)59-53-47-41-35-29-26-23-22-24-27-33-38-44-50-56-68(6)9-3)66-90-94(83,84)88-62-69(76)61-87-93(81,82)89-65-70(63-85-72(77)57-51-45-39-17-15-13-11-8-2)91-75(80)60-54-48-42-36-31-30-32-37-43-49-55-67(4)5/h18-21,67-71,76H,7-17,22-66H2,1-6H3,(H,81,82)(H,83,84)/b19-18-,21-20-/t68?,69-,70+,71+/m0/s1. The Bertz CT molecular complexity index is 1920. The Hall–Kier alpha value is -2.46. The Labute approximate surface area is 573 Å². The van der Waals surface area contributed by atoms with Crippen LogP contribution in [-0.4, -0.2) is 96.7 Å². The minimum Gasteiger partial charge on any atom is -0.462 e. The van der Waals surface area contributed by atoms with Crippen LogP contribution >= 0.6 is 15.6 Å². The number of hydrogen-bond acceptors (Lipinski definition) is 15. The van der Waals surface area contributed by atoms with Crippen molar-refractivity contribution in [1.82, 2.24) is 0 Å². The van der Waals surface area contributed by atoms with Crippen molar-refractivity contribution in [3.8, 4) is 0 Å². The number of phosphoric ester groups is 2. The summed E-state index contributed by atoms with van der Waals surface area (Å²) >= 11 is 0. The summed E-state index contributed by atoms with van der Waals surface area (Å²) in [6.07, 6.45) is 56.3. The molecule has 0 saturated heterocycles. The molecule has 554 valence electrons. The van der Waals surface area contributed by atoms with E-state index in [-0.39, 0.29) is 25.7 Å². The minimum atomic E-state index is -4.96. The molecule has 0 bridgehead atoms. The Morgan fingerprint density at radius 1 is 0.351 bits per heavy atom. The number of ether oxygens (including phenoxy) is 4. The van der Waals surface area contributed by atoms with Crippen molar-refractivity contribution < 1.29 is 80.2 Å². The molecule has 3 unspecified atom stereocenters. The molecule has 0 saturated carbocycles. The number of hydrogen-bond donors (Lipinski definition) is 3. The van der Waals surface area contributed by atoms with Gasteiger partial charge in [-0.2, -0.15) is 0 Å². The van der Waals surface area contributed by atoms with Gasteiger partial charge in [0.2, 0.25) is 0 Å². The van der Waals surface area contributed by atoms with Crippen LogP contribution in [0.4, 0.5) is 0 Å². The molecule has 0 aromatic rings. The molecule has 17 nitrogen and oxygen atoms in total. The third-order valence-electron chi connectivity index (χ3n) is 17.2. The van der Waals surface area contributed by atoms with E-state index in [1.54, 1.807) is 0 Å². The predicted molar refractivity (Wildman–Crippen MR) is 381 cm³/mol. The van der Waals surface area contributed by atoms with Crippen LogP contribution in [0.5, 0.6) is 0 Å². The van der Waals surface area contributed by atoms with Gasteiger partial charge in [0.1, 0.15) is 19.3 Å². The molecule has 0 amide bonds. The van der Waals surface area contributed by atoms with E-state index in [4.69, 9.17) is 37.0 Å². The molecule has 0 rings (SSSR count). The summed E-state index contributed by atoms with van der Waals surface area (Å²) in [6, 6.07) is 0. The van der Waals surface area contributed by atoms with Crippen LogP contribution in [0, 0.1) is 11.8 Å². The van der Waals surface area contributed by atoms with E-state index in [0.29, 0.717) is 25.7 Å². The summed E-state index contributed by atoms with van der Waals surface area (Å²) in [5, 5.41) is 10.6. The number of aliphatic hydroxyl groups excluding tert-OH is 1. The number of carbonyl (C=O) groups excluding carboxylic acids is 4. The molecule has 0 heterocycles. The zero-order valence-electron chi connectivity index (χ0n) is 60.7. The van der Waals surface area contributed by atoms with E-state index >= 15 is 0 Å². The lowest BCUT2D eigenvalue weighted by Gasteiger charge is -2.21. The molecule has 6 atom stereocenters. The van der Waals surface area contributed by atoms with Gasteiger partial charge in [-0.1, -0.05) is 310 Å². The molecular weight excluding hydrogens is 1230 g/mol. The molecule has 3 N–H and O–H groups in total. The van der Waals surface area contributed by atoms with Crippen LogP contribution in [0.1, 0.15) is 363 Å². The highest BCUT2D eigenvalue weighted by atomic mass is 31.2. The first-order chi connectivity index (χ1) is 45.4. The maximum Gasteiger partial charge on any atom is 0.472 e. The first-order valence-electron chi connectivity index (χ1n) is 38.3. The molecule has 0 spiro atoms. The predicted octanol–water partition coefficient (Wildman–Crippen LogP) is 21.5. The second-order valence-electron chi connectivity index (χ2n) is 27.1. The maximum absolute atomic E-state index is 13.1. The number of unbranched alkanes of at least 4 members (excludes halogenated alkanes) is 38. The number of allylic oxidation sites excluding steroid dienone is 4. The third kappa shape index (κ3) is 66.8. The SMILES string of the molecule is CCCCCC/C=C\C=C/CCCCCCCC(=O)OC[C@H](COP(=O)(O)OC[C@@H](O)COP(=O)(O)OC[C@@H](COC(=O)CCCCCCCCCC)OC(=O)CCCCCCCCCCCCC(C)C)OC(=O)CCCCCCCCCCCCCCCCC(C)CC. The fourth-order valence-electron chi connectivity index (χ4n) is 10.9. The molecule has 0 aliphatic rings. The highest BCUT2D eigenvalue weighted by Crippen LogP contribution is 2.45. The highest BCUT2D eigenvalue weighted by molar-refractivity contribution is 7.47. The van der Waals surface area contributed by atoms with Crippen LogP contribution in [0.15, 0.2) is 24.3 Å². The van der Waals surface area contributed by atoms with Crippen molar-refractivity contribution in [3.05, 3.63) is 24.3 Å². The molecule has 0 fully saturated rings. The van der Waals surface area contributed by atoms with Gasteiger partial charge in [0, 0.05) is 25.7 Å². The normalized spacial score (nSPS) is 14.5. The largest absolute Gasteiger partial charge is 0.472 e. The average Bonchev–Trinajstić information content (AvgIpc) is 1.58. The smallest absolute Gasteiger partial charge is 0.462 e. The molecule has 0 aliphatic heterocycles. The van der Waals surface area contributed by atoms with E-state index in [1.807, 2.05) is 0 Å². The van der Waals surface area contributed by atoms with E-state index in [0.717, 1.165) is 127 Å². The zero-order valence-corrected chi connectivity index (χ0v) is 62.5. The first kappa shape index (κ1) is 91.5. The highest BCUT2D eigenvalue weighted by Gasteiger charge is 2.30. The molecule has 0 aromatic carbocycles. The zero-order chi connectivity index (χ0) is 69.3. The van der Waals surface area contributed by atoms with Gasteiger partial charge in [-0.05, 0) is 63.2 Å². The van der Waals surface area contributed by atoms with Crippen molar-refractivity contribution in [2.24, 2.45) is 11.8 Å². The second kappa shape index (κ2) is 66.4. The topological polar surface area (TPSA) is 237 Å². The maximum atomic E-state index is 13.1. The van der Waals surface area contributed by atoms with Crippen molar-refractivity contribution in [1.29, 1.82) is 0 Å². The van der Waals surface area contributed by atoms with Crippen LogP contribution in [-0.2, 0) is 65.4 Å². The molecular formula is C75H142O17P2. The van der Waals surface area contributed by atoms with Crippen molar-refractivity contribution in [2.45, 2.75) is 381 Å². The van der Waals surface area contributed by atoms with Crippen molar-refractivity contribution in [3.63, 3.8) is 0 Å². The van der Waals surface area contributed by atoms with Crippen LogP contribution in [0.3, 0.4) is 0 Å². The Morgan fingerprint density at radius 3 is 0.957 bits per heavy atom. The fourth-order valence-corrected chi connectivity index (χ4v) is 12.5. The number of phosphoric acid groups is 2. The van der Waals surface area contributed by atoms with Gasteiger partial charge in [-0.25, -0.2) is 9.13 Å². The summed E-state index contributed by atoms with van der Waals surface area (Å²) in [6.45, 7) is 9.53. The molecule has 0 aliphatic carbocycles. The first-order valence-corrected chi connectivity index (χ1v) is 41.3. The summed E-state index contributed by atoms with van der Waals surface area (Å²) < 4.78 is 68.4. The lowest BCUT2D eigenvalue weighted by atomic mass is 9.99. The minimum absolute atomic E-state index is 0.101. The number of carbonyl (C=O) groups is 4. The molecule has 0 aromatic heterocycles. The van der Waals surface area contributed by atoms with Gasteiger partial charge in [0.15, 0.2) is 12.2 Å². The van der Waals surface area contributed by atoms with Gasteiger partial charge >= 0.3 is 39.5 Å². The van der Waals surface area contributed by atoms with E-state index in [1.165, 1.54) is 154 Å². The van der Waals surface area contributed by atoms with Crippen LogP contribution in [0.2, 0.25) is 0 Å². The van der Waals surface area contributed by atoms with Crippen LogP contribution < -0.4 is 0 Å². The summed E-state index contributed by atoms with van der Waals surface area (Å²) in [4.78, 5) is 72.7. The average molecular weight is 1380 g/mol. The van der Waals surface area contributed by atoms with Crippen molar-refractivity contribution in [2.75, 3.05) is 39.6 Å². The van der Waals surface area contributed by atoms with E-state index in [2.05, 4.69) is 65.8 Å². The van der Waals surface area contributed by atoms with Gasteiger partial charge in [0.25, 0.3) is 0 Å². The van der Waals surface area contributed by atoms with Gasteiger partial charge in [0.05, 0.1) is 26.4 Å². The Morgan fingerprint density at radius 2 is 0.628 bits per heavy atom. The molecule has 94 heavy (non-hydrogen) atoms. The summed E-state index contributed by atoms with van der Waals surface area (Å²) in [7, 11) is -9.92. The number of aliphatic hydroxyl groups is 1. The third-order valence-corrected chi connectivity index (χ3v) is 19.1. The quantitative estimate of drug-likeness (QED) is 0.0169. The monoisotopic (exact) mass is 1380 g/mol. The lowest BCUT2D eigenvalue weighted by Crippen LogP contribution is -2.30. The van der Waals surface area contributed by atoms with Gasteiger partial charge < -0.3 is 33.8 Å². The van der Waals surface area contributed by atoms with E-state index < -0.39 is 97.5 Å². The Kier molecular flexibility index (Phi) is 64.7. The van der Waals surface area contributed by atoms with E-state index in [9.17, 15) is 43.2 Å². The number of rotatable bonds is 72.